The predicted octanol–water partition coefficient (Wildman–Crippen LogP) is 17.9. The summed E-state index contributed by atoms with van der Waals surface area (Å²) in [6.45, 7) is 22.9. The summed E-state index contributed by atoms with van der Waals surface area (Å²) in [5.74, 6) is 7.91. The van der Waals surface area contributed by atoms with E-state index in [2.05, 4.69) is 155 Å². The van der Waals surface area contributed by atoms with E-state index >= 15 is 0 Å². The number of hydrogen-bond donors (Lipinski definition) is 7. The molecule has 141 heavy (non-hydrogen) atoms. The number of piperidine rings is 1. The smallest absolute Gasteiger partial charge is 0.319 e. The van der Waals surface area contributed by atoms with Gasteiger partial charge < -0.3 is 55.7 Å². The van der Waals surface area contributed by atoms with Gasteiger partial charge in [0.2, 0.25) is 5.95 Å². The second-order valence-electron chi connectivity index (χ2n) is 33.6. The molecule has 0 bridgehead atoms. The van der Waals surface area contributed by atoms with Gasteiger partial charge in [-0.2, -0.15) is 15.0 Å². The molecule has 0 radical (unpaired) electrons. The van der Waals surface area contributed by atoms with Crippen molar-refractivity contribution in [1.82, 2.24) is 101 Å². The number of nitrogens with one attached hydrogen (secondary N) is 7. The zero-order valence-electron chi connectivity index (χ0n) is 79.5. The van der Waals surface area contributed by atoms with Gasteiger partial charge in [0.25, 0.3) is 35.4 Å². The fourth-order valence-corrected chi connectivity index (χ4v) is 17.8. The fourth-order valence-electron chi connectivity index (χ4n) is 16.6. The number of oxazole rings is 1. The second-order valence-corrected chi connectivity index (χ2v) is 35.4. The molecule has 1 saturated heterocycles. The molecule has 1 aliphatic heterocycles. The third-order valence-electron chi connectivity index (χ3n) is 23.5. The molecule has 37 nitrogen and oxygen atoms in total. The minimum absolute atomic E-state index is 0.0677. The van der Waals surface area contributed by atoms with Crippen molar-refractivity contribution in [3.63, 3.8) is 0 Å². The molecular formula is C102H100N28O9S2. The van der Waals surface area contributed by atoms with Crippen LogP contribution in [0.5, 0.6) is 6.01 Å². The average molecular weight is 1930 g/mol. The Morgan fingerprint density at radius 3 is 1.28 bits per heavy atom. The van der Waals surface area contributed by atoms with Crippen LogP contribution in [0.25, 0.3) is 56.5 Å². The lowest BCUT2D eigenvalue weighted by atomic mass is 9.79. The molecule has 0 spiro atoms. The fraction of sp³-hybridized carbons (Fsp3) is 0.216. The highest BCUT2D eigenvalue weighted by atomic mass is 32.1. The quantitative estimate of drug-likeness (QED) is 0.0445. The number of carbonyl (C=O) groups is 6. The van der Waals surface area contributed by atoms with Gasteiger partial charge in [0.05, 0.1) is 56.8 Å². The van der Waals surface area contributed by atoms with Crippen LogP contribution in [0, 0.1) is 69.2 Å². The molecule has 7 N–H and O–H groups in total. The molecule has 0 saturated carbocycles. The highest BCUT2D eigenvalue weighted by Gasteiger charge is 2.33. The highest BCUT2D eigenvalue weighted by molar-refractivity contribution is 7.14. The zero-order chi connectivity index (χ0) is 98.7. The highest BCUT2D eigenvalue weighted by Crippen LogP contribution is 2.32. The second kappa shape index (κ2) is 42.1. The molecule has 39 heteroatoms. The number of benzene rings is 3. The molecule has 714 valence electrons. The molecule has 18 heterocycles. The van der Waals surface area contributed by atoms with E-state index in [4.69, 9.17) is 13.6 Å². The first-order valence-corrected chi connectivity index (χ1v) is 47.0. The first-order chi connectivity index (χ1) is 68.2. The monoisotopic (exact) mass is 1920 g/mol. The maximum absolute atomic E-state index is 12.9. The van der Waals surface area contributed by atoms with Crippen molar-refractivity contribution in [3.05, 3.63) is 334 Å². The normalized spacial score (nSPS) is 13.1. The number of rotatable bonds is 17. The molecule has 1 aliphatic carbocycles. The van der Waals surface area contributed by atoms with Crippen LogP contribution in [0.1, 0.15) is 164 Å². The van der Waals surface area contributed by atoms with Crippen LogP contribution in [0.3, 0.4) is 0 Å². The first kappa shape index (κ1) is 95.4. The third-order valence-corrected chi connectivity index (χ3v) is 25.0. The van der Waals surface area contributed by atoms with Gasteiger partial charge in [-0.15, -0.1) is 22.7 Å². The predicted molar refractivity (Wildman–Crippen MR) is 541 cm³/mol. The number of aryl methyl sites for hydroxylation is 11. The minimum atomic E-state index is -0.266. The van der Waals surface area contributed by atoms with Gasteiger partial charge in [-0.25, -0.2) is 54.8 Å². The third kappa shape index (κ3) is 21.9. The van der Waals surface area contributed by atoms with Gasteiger partial charge in [0.1, 0.15) is 81.8 Å². The van der Waals surface area contributed by atoms with Gasteiger partial charge >= 0.3 is 6.01 Å². The number of thiophene rings is 2. The summed E-state index contributed by atoms with van der Waals surface area (Å²) in [5.41, 5.74) is 14.5. The molecule has 3 aromatic carbocycles. The van der Waals surface area contributed by atoms with Crippen molar-refractivity contribution in [2.24, 2.45) is 0 Å². The van der Waals surface area contributed by atoms with E-state index in [0.29, 0.717) is 120 Å². The molecule has 1 atom stereocenters. The van der Waals surface area contributed by atoms with Crippen molar-refractivity contribution in [2.75, 3.05) is 64.0 Å². The Kier molecular flexibility index (Phi) is 28.5. The number of ether oxygens (including phenoxy) is 1. The lowest BCUT2D eigenvalue weighted by molar-refractivity contribution is 0.0897. The summed E-state index contributed by atoms with van der Waals surface area (Å²) in [5, 5.41) is 26.0. The van der Waals surface area contributed by atoms with Gasteiger partial charge in [-0.1, -0.05) is 36.4 Å². The standard InChI is InChI=1S/C20H23N5O.C20H22N4O.2C18H15N5O2.C13H13N5OS.C13H12N4O2S/c1-14-21-15(2)25-13-10-18(19(25)22-14)20(26)23-16-6-8-17(9-7-16)24-11-4-3-5-12-24;1-13-21-14(2)24-11-9-17(18(24)22-13)19(25)23-20(3)10-8-15-6-4-5-7-16(15)12-20;1-11-20-12(2)23-8-7-15(17(23)21-11)18(24)22-14-5-3-13(4-6-14)16-9-25-10-19-16;1-11-20-12(2)23-8-7-14(17(23)21-11)18(24)22-16-6-5-13(10-19-16)15-4-3-9-25-15;1-8-15-11-9(5-6-18(11)13(14-2)16-8)12(19)17-10-4-3-7-20-10;1-8-14-13(19-2)16-11-9(5-6-17(8)11)12(18)15-10-4-3-7-20-10/h6-10,13H,3-5,11-12H2,1-2H3,(H,23,26);4-7,9,11H,8,10,12H2,1-3H3,(H,23,25);3-10H,1-2H3,(H,22,24);3-10H,1-2H3,(H,19,22,24);3-7H,1-2H3,(H,17,19)(H,14,15,16);3-7H,1-2H3,(H,15,18). The lowest BCUT2D eigenvalue weighted by Gasteiger charge is -2.35. The maximum atomic E-state index is 12.9. The van der Waals surface area contributed by atoms with E-state index in [-0.39, 0.29) is 47.0 Å². The van der Waals surface area contributed by atoms with Crippen LogP contribution in [-0.2, 0) is 12.8 Å². The largest absolute Gasteiger partial charge is 0.467 e. The Bertz CT molecular complexity index is 7710. The Morgan fingerprint density at radius 2 is 0.844 bits per heavy atom. The van der Waals surface area contributed by atoms with E-state index in [9.17, 15) is 28.8 Å². The molecule has 1 unspecified atom stereocenters. The van der Waals surface area contributed by atoms with E-state index in [1.165, 1.54) is 72.3 Å². The summed E-state index contributed by atoms with van der Waals surface area (Å²) in [6.07, 6.45) is 23.7. The van der Waals surface area contributed by atoms with Gasteiger partial charge in [-0.3, -0.25) is 55.2 Å². The summed E-state index contributed by atoms with van der Waals surface area (Å²) in [6, 6.07) is 49.5. The van der Waals surface area contributed by atoms with Crippen molar-refractivity contribution >= 4 is 131 Å². The molecule has 22 rings (SSSR count). The Balaban J connectivity index is 0.000000117. The molecule has 1 fully saturated rings. The number of fused-ring (bicyclic) bond motifs is 7. The van der Waals surface area contributed by atoms with Crippen molar-refractivity contribution in [1.29, 1.82) is 0 Å². The maximum Gasteiger partial charge on any atom is 0.319 e. The SMILES string of the molecule is CNc1nc(C)nc2c(C(=O)Nc3cccs3)ccn12.COc1nc(C)n2ccc(C(=O)Nc3cccs3)c2n1.Cc1nc(C)n2ccc(C(=O)NC3(C)CCc4ccccc4C3)c2n1.Cc1nc(C)n2ccc(C(=O)Nc3ccc(-c4ccco4)cn3)c2n1.Cc1nc(C)n2ccc(C(=O)Nc3ccc(-c4cocn4)cc3)c2n1.Cc1nc(C)n2ccc(C(=O)Nc3ccc(N4CCCCC4)cc3)c2n1. The Hall–Kier alpha value is -17.4. The van der Waals surface area contributed by atoms with Crippen molar-refractivity contribution in [3.8, 4) is 28.6 Å². The van der Waals surface area contributed by atoms with E-state index in [1.54, 1.807) is 118 Å². The number of amides is 6. The van der Waals surface area contributed by atoms with Crippen LogP contribution >= 0.6 is 22.7 Å². The average Bonchev–Trinajstić information content (AvgIpc) is 1.75. The molecule has 2 aliphatic rings. The number of methoxy groups -OCH3 is 1. The Labute approximate surface area is 816 Å². The van der Waals surface area contributed by atoms with Crippen molar-refractivity contribution in [2.45, 2.75) is 120 Å². The topological polar surface area (TPSA) is 432 Å². The van der Waals surface area contributed by atoms with E-state index in [1.807, 2.05) is 172 Å². The van der Waals surface area contributed by atoms with Crippen molar-refractivity contribution < 1.29 is 42.3 Å². The minimum Gasteiger partial charge on any atom is -0.467 e. The van der Waals surface area contributed by atoms with Crippen LogP contribution in [0.15, 0.2) is 240 Å². The summed E-state index contributed by atoms with van der Waals surface area (Å²) < 4.78 is 26.2. The lowest BCUT2D eigenvalue weighted by Crippen LogP contribution is -2.49. The van der Waals surface area contributed by atoms with Crippen LogP contribution < -0.4 is 46.9 Å². The van der Waals surface area contributed by atoms with Gasteiger partial charge in [0.15, 0.2) is 40.3 Å². The van der Waals surface area contributed by atoms with Gasteiger partial charge in [-0.05, 0) is 258 Å². The molecular weight excluding hydrogens is 1830 g/mol. The summed E-state index contributed by atoms with van der Waals surface area (Å²) in [7, 11) is 3.28. The number of hydrogen-bond acceptors (Lipinski definition) is 27. The molecule has 20 aromatic rings. The van der Waals surface area contributed by atoms with Crippen LogP contribution in [0.2, 0.25) is 0 Å². The van der Waals surface area contributed by atoms with Crippen LogP contribution in [0.4, 0.5) is 38.8 Å². The number of aromatic nitrogens is 20. The first-order valence-electron chi connectivity index (χ1n) is 45.3. The molecule has 6 amide bonds. The van der Waals surface area contributed by atoms with Crippen LogP contribution in [-0.4, -0.2) is 164 Å². The van der Waals surface area contributed by atoms with E-state index in [0.717, 1.165) is 93.9 Å². The molecule has 17 aromatic heterocycles. The number of nitrogens with zero attached hydrogens (tertiary/aromatic N) is 21. The Morgan fingerprint density at radius 1 is 0.411 bits per heavy atom. The van der Waals surface area contributed by atoms with Gasteiger partial charge in [0, 0.05) is 97.2 Å². The summed E-state index contributed by atoms with van der Waals surface area (Å²) >= 11 is 2.95. The number of anilines is 7. The number of furan rings is 1. The van der Waals surface area contributed by atoms with E-state index < -0.39 is 0 Å². The number of carbonyl (C=O) groups excluding carboxylic acids is 6. The zero-order valence-corrected chi connectivity index (χ0v) is 81.1. The summed E-state index contributed by atoms with van der Waals surface area (Å²) in [4.78, 5) is 138. The number of pyridine rings is 1.